The van der Waals surface area contributed by atoms with Gasteiger partial charge in [-0.05, 0) is 33.3 Å². The molecule has 0 amide bonds. The lowest BCUT2D eigenvalue weighted by Gasteiger charge is -2.18. The second-order valence-corrected chi connectivity index (χ2v) is 4.31. The van der Waals surface area contributed by atoms with Crippen LogP contribution in [-0.2, 0) is 4.74 Å². The molecule has 0 bridgehead atoms. The van der Waals surface area contributed by atoms with Gasteiger partial charge in [0.2, 0.25) is 0 Å². The summed E-state index contributed by atoms with van der Waals surface area (Å²) in [5.74, 6) is 0. The molecule has 90 valence electrons. The Morgan fingerprint density at radius 2 is 2.06 bits per heavy atom. The molecule has 0 aliphatic carbocycles. The minimum absolute atomic E-state index is 0.275. The second-order valence-electron chi connectivity index (χ2n) is 4.31. The van der Waals surface area contributed by atoms with Gasteiger partial charge < -0.3 is 10.1 Å². The number of hydrogen-bond donors (Lipinski definition) is 1. The molecule has 0 fully saturated rings. The number of ether oxygens (including phenoxy) is 1. The second kappa shape index (κ2) is 6.66. The predicted molar refractivity (Wildman–Crippen MR) is 68.7 cm³/mol. The summed E-state index contributed by atoms with van der Waals surface area (Å²) in [6, 6.07) is 9.00. The summed E-state index contributed by atoms with van der Waals surface area (Å²) in [6.07, 6.45) is 0.275. The first-order chi connectivity index (χ1) is 7.63. The lowest BCUT2D eigenvalue weighted by Crippen LogP contribution is -2.29. The molecule has 2 heteroatoms. The summed E-state index contributed by atoms with van der Waals surface area (Å²) in [5.41, 5.74) is 2.65. The zero-order chi connectivity index (χ0) is 12.0. The molecule has 0 heterocycles. The molecule has 0 aromatic heterocycles. The van der Waals surface area contributed by atoms with E-state index >= 15 is 0 Å². The van der Waals surface area contributed by atoms with E-state index in [0.29, 0.717) is 6.04 Å². The zero-order valence-corrected chi connectivity index (χ0v) is 10.8. The topological polar surface area (TPSA) is 21.3 Å². The molecular formula is C14H23NO. The van der Waals surface area contributed by atoms with Crippen LogP contribution in [-0.4, -0.2) is 19.3 Å². The number of nitrogens with one attached hydrogen (secondary N) is 1. The number of benzene rings is 1. The number of hydrogen-bond acceptors (Lipinski definition) is 2. The quantitative estimate of drug-likeness (QED) is 0.797. The molecular weight excluding hydrogens is 198 g/mol. The highest BCUT2D eigenvalue weighted by atomic mass is 16.5. The molecule has 2 atom stereocenters. The Labute approximate surface area is 99.0 Å². The van der Waals surface area contributed by atoms with Crippen molar-refractivity contribution in [3.63, 3.8) is 0 Å². The SMILES string of the molecule is CCOC(C)CNC(C)c1cccc(C)c1. The first-order valence-corrected chi connectivity index (χ1v) is 6.05. The molecule has 0 saturated heterocycles. The van der Waals surface area contributed by atoms with Crippen molar-refractivity contribution in [3.05, 3.63) is 35.4 Å². The number of aryl methyl sites for hydroxylation is 1. The Hall–Kier alpha value is -0.860. The molecule has 2 nitrogen and oxygen atoms in total. The summed E-state index contributed by atoms with van der Waals surface area (Å²) in [4.78, 5) is 0. The van der Waals surface area contributed by atoms with Crippen LogP contribution in [0.2, 0.25) is 0 Å². The van der Waals surface area contributed by atoms with Crippen molar-refractivity contribution in [1.29, 1.82) is 0 Å². The fourth-order valence-corrected chi connectivity index (χ4v) is 1.74. The third-order valence-electron chi connectivity index (χ3n) is 2.70. The van der Waals surface area contributed by atoms with E-state index in [-0.39, 0.29) is 6.10 Å². The van der Waals surface area contributed by atoms with Crippen molar-refractivity contribution in [2.75, 3.05) is 13.2 Å². The Morgan fingerprint density at radius 1 is 1.31 bits per heavy atom. The zero-order valence-electron chi connectivity index (χ0n) is 10.8. The van der Waals surface area contributed by atoms with Gasteiger partial charge in [0.15, 0.2) is 0 Å². The lowest BCUT2D eigenvalue weighted by molar-refractivity contribution is 0.0743. The van der Waals surface area contributed by atoms with E-state index in [4.69, 9.17) is 4.74 Å². The fourth-order valence-electron chi connectivity index (χ4n) is 1.74. The molecule has 0 aliphatic heterocycles. The molecule has 0 spiro atoms. The van der Waals surface area contributed by atoms with E-state index in [0.717, 1.165) is 13.2 Å². The van der Waals surface area contributed by atoms with Gasteiger partial charge in [0.25, 0.3) is 0 Å². The van der Waals surface area contributed by atoms with Crippen LogP contribution in [0.5, 0.6) is 0 Å². The smallest absolute Gasteiger partial charge is 0.0671 e. The summed E-state index contributed by atoms with van der Waals surface area (Å²) >= 11 is 0. The maximum atomic E-state index is 5.49. The highest BCUT2D eigenvalue weighted by Crippen LogP contribution is 2.13. The van der Waals surface area contributed by atoms with Gasteiger partial charge in [-0.2, -0.15) is 0 Å². The molecule has 1 aromatic carbocycles. The van der Waals surface area contributed by atoms with E-state index in [9.17, 15) is 0 Å². The van der Waals surface area contributed by atoms with Crippen LogP contribution in [0.1, 0.15) is 37.9 Å². The van der Waals surface area contributed by atoms with Crippen molar-refractivity contribution >= 4 is 0 Å². The summed E-state index contributed by atoms with van der Waals surface area (Å²) < 4.78 is 5.49. The van der Waals surface area contributed by atoms with Crippen LogP contribution in [0.3, 0.4) is 0 Å². The largest absolute Gasteiger partial charge is 0.377 e. The minimum atomic E-state index is 0.275. The molecule has 16 heavy (non-hydrogen) atoms. The van der Waals surface area contributed by atoms with Crippen molar-refractivity contribution in [2.45, 2.75) is 39.8 Å². The lowest BCUT2D eigenvalue weighted by atomic mass is 10.1. The standard InChI is InChI=1S/C14H23NO/c1-5-16-12(3)10-15-13(4)14-8-6-7-11(2)9-14/h6-9,12-13,15H,5,10H2,1-4H3. The minimum Gasteiger partial charge on any atom is -0.377 e. The van der Waals surface area contributed by atoms with Gasteiger partial charge in [0, 0.05) is 19.2 Å². The Morgan fingerprint density at radius 3 is 2.69 bits per heavy atom. The monoisotopic (exact) mass is 221 g/mol. The first-order valence-electron chi connectivity index (χ1n) is 6.05. The van der Waals surface area contributed by atoms with Crippen LogP contribution in [0.25, 0.3) is 0 Å². The maximum absolute atomic E-state index is 5.49. The van der Waals surface area contributed by atoms with Gasteiger partial charge in [0.1, 0.15) is 0 Å². The van der Waals surface area contributed by atoms with Crippen LogP contribution in [0, 0.1) is 6.92 Å². The molecule has 1 rings (SSSR count). The van der Waals surface area contributed by atoms with Gasteiger partial charge in [0.05, 0.1) is 6.10 Å². The average Bonchev–Trinajstić information content (AvgIpc) is 2.26. The van der Waals surface area contributed by atoms with Crippen molar-refractivity contribution < 1.29 is 4.74 Å². The Bertz CT molecular complexity index is 311. The van der Waals surface area contributed by atoms with Crippen molar-refractivity contribution in [2.24, 2.45) is 0 Å². The third kappa shape index (κ3) is 4.33. The maximum Gasteiger partial charge on any atom is 0.0671 e. The molecule has 2 unspecified atom stereocenters. The molecule has 0 radical (unpaired) electrons. The molecule has 0 aliphatic rings. The van der Waals surface area contributed by atoms with Gasteiger partial charge in [-0.25, -0.2) is 0 Å². The van der Waals surface area contributed by atoms with Crippen LogP contribution < -0.4 is 5.32 Å². The first kappa shape index (κ1) is 13.2. The normalized spacial score (nSPS) is 14.8. The van der Waals surface area contributed by atoms with E-state index in [1.165, 1.54) is 11.1 Å². The number of rotatable bonds is 6. The Balaban J connectivity index is 2.43. The van der Waals surface area contributed by atoms with Crippen LogP contribution in [0.4, 0.5) is 0 Å². The highest BCUT2D eigenvalue weighted by molar-refractivity contribution is 5.24. The van der Waals surface area contributed by atoms with Crippen molar-refractivity contribution in [3.8, 4) is 0 Å². The summed E-state index contributed by atoms with van der Waals surface area (Å²) in [5, 5.41) is 3.49. The van der Waals surface area contributed by atoms with E-state index in [1.807, 2.05) is 6.92 Å². The van der Waals surface area contributed by atoms with E-state index in [1.54, 1.807) is 0 Å². The van der Waals surface area contributed by atoms with Gasteiger partial charge in [-0.3, -0.25) is 0 Å². The molecule has 1 aromatic rings. The highest BCUT2D eigenvalue weighted by Gasteiger charge is 2.07. The predicted octanol–water partition coefficient (Wildman–Crippen LogP) is 3.07. The average molecular weight is 221 g/mol. The van der Waals surface area contributed by atoms with Crippen LogP contribution in [0.15, 0.2) is 24.3 Å². The van der Waals surface area contributed by atoms with E-state index < -0.39 is 0 Å². The molecule has 0 saturated carbocycles. The van der Waals surface area contributed by atoms with Gasteiger partial charge in [-0.1, -0.05) is 29.8 Å². The summed E-state index contributed by atoms with van der Waals surface area (Å²) in [7, 11) is 0. The summed E-state index contributed by atoms with van der Waals surface area (Å²) in [6.45, 7) is 10.1. The van der Waals surface area contributed by atoms with Gasteiger partial charge >= 0.3 is 0 Å². The third-order valence-corrected chi connectivity index (χ3v) is 2.70. The van der Waals surface area contributed by atoms with E-state index in [2.05, 4.69) is 50.4 Å². The van der Waals surface area contributed by atoms with Gasteiger partial charge in [-0.15, -0.1) is 0 Å². The van der Waals surface area contributed by atoms with Crippen LogP contribution >= 0.6 is 0 Å². The fraction of sp³-hybridized carbons (Fsp3) is 0.571. The Kier molecular flexibility index (Phi) is 5.50. The molecule has 1 N–H and O–H groups in total. The van der Waals surface area contributed by atoms with Crippen molar-refractivity contribution in [1.82, 2.24) is 5.32 Å².